The van der Waals surface area contributed by atoms with Crippen LogP contribution in [-0.4, -0.2) is 40.1 Å². The number of non-ortho nitro benzene ring substituents is 1. The van der Waals surface area contributed by atoms with Gasteiger partial charge in [0.1, 0.15) is 6.61 Å². The van der Waals surface area contributed by atoms with Gasteiger partial charge in [-0.05, 0) is 36.5 Å². The molecule has 0 bridgehead atoms. The zero-order valence-electron chi connectivity index (χ0n) is 13.4. The smallest absolute Gasteiger partial charge is 0.410 e. The Morgan fingerprint density at radius 1 is 1.33 bits per heavy atom. The van der Waals surface area contributed by atoms with Crippen LogP contribution in [-0.2, 0) is 16.1 Å². The number of amides is 1. The van der Waals surface area contributed by atoms with Gasteiger partial charge in [-0.2, -0.15) is 0 Å². The summed E-state index contributed by atoms with van der Waals surface area (Å²) in [5.41, 5.74) is 0.656. The quantitative estimate of drug-likeness (QED) is 0.654. The zero-order valence-corrected chi connectivity index (χ0v) is 13.4. The average Bonchev–Trinajstić information content (AvgIpc) is 2.59. The molecular weight excluding hydrogens is 316 g/mol. The third kappa shape index (κ3) is 4.43. The van der Waals surface area contributed by atoms with Gasteiger partial charge in [-0.15, -0.1) is 0 Å². The van der Waals surface area contributed by atoms with Gasteiger partial charge in [0.25, 0.3) is 5.69 Å². The molecule has 8 heteroatoms. The normalized spacial score (nSPS) is 16.5. The van der Waals surface area contributed by atoms with Crippen LogP contribution >= 0.6 is 0 Å². The number of benzene rings is 1. The van der Waals surface area contributed by atoms with Gasteiger partial charge in [0.05, 0.1) is 10.8 Å². The Balaban J connectivity index is 1.79. The molecule has 2 rings (SSSR count). The molecule has 1 saturated heterocycles. The molecule has 1 aromatic rings. The van der Waals surface area contributed by atoms with Crippen molar-refractivity contribution in [3.05, 3.63) is 39.9 Å². The van der Waals surface area contributed by atoms with Gasteiger partial charge in [0.2, 0.25) is 0 Å². The van der Waals surface area contributed by atoms with E-state index in [1.807, 2.05) is 0 Å². The number of nitro groups is 1. The molecule has 1 fully saturated rings. The highest BCUT2D eigenvalue weighted by atomic mass is 16.6. The number of nitrogens with zero attached hydrogens (tertiary/aromatic N) is 2. The van der Waals surface area contributed by atoms with E-state index in [9.17, 15) is 19.7 Å². The van der Waals surface area contributed by atoms with E-state index in [4.69, 9.17) is 9.84 Å². The molecule has 130 valence electrons. The van der Waals surface area contributed by atoms with Gasteiger partial charge in [0, 0.05) is 25.2 Å². The molecule has 1 aromatic carbocycles. The highest BCUT2D eigenvalue weighted by Crippen LogP contribution is 2.25. The van der Waals surface area contributed by atoms with Gasteiger partial charge >= 0.3 is 12.1 Å². The lowest BCUT2D eigenvalue weighted by Gasteiger charge is -2.32. The number of carboxylic acids is 1. The van der Waals surface area contributed by atoms with Crippen LogP contribution in [0, 0.1) is 22.0 Å². The Kier molecular flexibility index (Phi) is 5.73. The molecule has 0 spiro atoms. The summed E-state index contributed by atoms with van der Waals surface area (Å²) in [6.45, 7) is 2.68. The van der Waals surface area contributed by atoms with Crippen LogP contribution < -0.4 is 0 Å². The van der Waals surface area contributed by atoms with Crippen molar-refractivity contribution in [2.75, 3.05) is 13.1 Å². The first-order valence-corrected chi connectivity index (χ1v) is 7.76. The first-order valence-electron chi connectivity index (χ1n) is 7.76. The highest BCUT2D eigenvalue weighted by molar-refractivity contribution is 5.70. The van der Waals surface area contributed by atoms with Gasteiger partial charge in [-0.1, -0.05) is 6.92 Å². The SMILES string of the molecule is CC(C(=O)O)C1CCN(C(=O)OCc2ccc([N+](=O)[O-])cc2)CC1. The monoisotopic (exact) mass is 336 g/mol. The standard InChI is InChI=1S/C16H20N2O6/c1-11(15(19)20)13-6-8-17(9-7-13)16(21)24-10-12-2-4-14(5-3-12)18(22)23/h2-5,11,13H,6-10H2,1H3,(H,19,20). The van der Waals surface area contributed by atoms with E-state index in [1.165, 1.54) is 12.1 Å². The molecule has 0 aromatic heterocycles. The van der Waals surface area contributed by atoms with Crippen LogP contribution in [0.25, 0.3) is 0 Å². The summed E-state index contributed by atoms with van der Waals surface area (Å²) in [7, 11) is 0. The largest absolute Gasteiger partial charge is 0.481 e. The molecule has 8 nitrogen and oxygen atoms in total. The van der Waals surface area contributed by atoms with Gasteiger partial charge < -0.3 is 14.7 Å². The fourth-order valence-electron chi connectivity index (χ4n) is 2.73. The molecule has 1 aliphatic heterocycles. The summed E-state index contributed by atoms with van der Waals surface area (Å²) in [6, 6.07) is 5.82. The fraction of sp³-hybridized carbons (Fsp3) is 0.500. The second kappa shape index (κ2) is 7.76. The topological polar surface area (TPSA) is 110 Å². The van der Waals surface area contributed by atoms with Crippen molar-refractivity contribution in [2.45, 2.75) is 26.4 Å². The third-order valence-electron chi connectivity index (χ3n) is 4.40. The summed E-state index contributed by atoms with van der Waals surface area (Å²) in [6.07, 6.45) is 0.829. The minimum Gasteiger partial charge on any atom is -0.481 e. The van der Waals surface area contributed by atoms with Crippen molar-refractivity contribution in [1.82, 2.24) is 4.90 Å². The Morgan fingerprint density at radius 2 is 1.92 bits per heavy atom. The van der Waals surface area contributed by atoms with E-state index < -0.39 is 22.9 Å². The molecule has 1 unspecified atom stereocenters. The number of carboxylic acid groups (broad SMARTS) is 1. The number of likely N-dealkylation sites (tertiary alicyclic amines) is 1. The van der Waals surface area contributed by atoms with E-state index in [0.717, 1.165) is 0 Å². The molecule has 0 aliphatic carbocycles. The number of aliphatic carboxylic acids is 1. The molecule has 1 atom stereocenters. The van der Waals surface area contributed by atoms with Crippen LogP contribution in [0.15, 0.2) is 24.3 Å². The van der Waals surface area contributed by atoms with E-state index >= 15 is 0 Å². The highest BCUT2D eigenvalue weighted by Gasteiger charge is 2.30. The molecule has 1 aliphatic rings. The van der Waals surface area contributed by atoms with Crippen molar-refractivity contribution in [1.29, 1.82) is 0 Å². The minimum absolute atomic E-state index is 0.0142. The lowest BCUT2D eigenvalue weighted by Crippen LogP contribution is -2.41. The molecule has 1 N–H and O–H groups in total. The molecule has 24 heavy (non-hydrogen) atoms. The molecule has 0 radical (unpaired) electrons. The summed E-state index contributed by atoms with van der Waals surface area (Å²) < 4.78 is 5.21. The molecular formula is C16H20N2O6. The second-order valence-electron chi connectivity index (χ2n) is 5.93. The number of carbonyl (C=O) groups is 2. The van der Waals surface area contributed by atoms with Crippen molar-refractivity contribution < 1.29 is 24.4 Å². The fourth-order valence-corrected chi connectivity index (χ4v) is 2.73. The van der Waals surface area contributed by atoms with Gasteiger partial charge in [-0.25, -0.2) is 4.79 Å². The maximum Gasteiger partial charge on any atom is 0.410 e. The van der Waals surface area contributed by atoms with Crippen molar-refractivity contribution in [3.8, 4) is 0 Å². The van der Waals surface area contributed by atoms with E-state index in [-0.39, 0.29) is 18.2 Å². The number of hydrogen-bond acceptors (Lipinski definition) is 5. The Labute approximate surface area is 139 Å². The number of ether oxygens (including phenoxy) is 1. The minimum atomic E-state index is -0.811. The Morgan fingerprint density at radius 3 is 2.42 bits per heavy atom. The second-order valence-corrected chi connectivity index (χ2v) is 5.93. The number of carbonyl (C=O) groups excluding carboxylic acids is 1. The summed E-state index contributed by atoms with van der Waals surface area (Å²) in [5, 5.41) is 19.6. The van der Waals surface area contributed by atoms with Crippen molar-refractivity contribution >= 4 is 17.7 Å². The first-order chi connectivity index (χ1) is 11.4. The number of piperidine rings is 1. The van der Waals surface area contributed by atoms with Gasteiger partial charge in [0.15, 0.2) is 0 Å². The van der Waals surface area contributed by atoms with Crippen LogP contribution in [0.4, 0.5) is 10.5 Å². The number of rotatable bonds is 5. The number of hydrogen-bond donors (Lipinski definition) is 1. The van der Waals surface area contributed by atoms with Crippen LogP contribution in [0.2, 0.25) is 0 Å². The maximum absolute atomic E-state index is 12.0. The summed E-state index contributed by atoms with van der Waals surface area (Å²) in [5.74, 6) is -1.15. The molecule has 1 amide bonds. The van der Waals surface area contributed by atoms with E-state index in [2.05, 4.69) is 0 Å². The summed E-state index contributed by atoms with van der Waals surface area (Å²) in [4.78, 5) is 34.7. The molecule has 1 heterocycles. The maximum atomic E-state index is 12.0. The van der Waals surface area contributed by atoms with E-state index in [0.29, 0.717) is 31.5 Å². The third-order valence-corrected chi connectivity index (χ3v) is 4.40. The lowest BCUT2D eigenvalue weighted by molar-refractivity contribution is -0.384. The molecule has 0 saturated carbocycles. The Bertz CT molecular complexity index is 607. The lowest BCUT2D eigenvalue weighted by atomic mass is 9.85. The number of nitro benzene ring substituents is 1. The predicted molar refractivity (Wildman–Crippen MR) is 84.4 cm³/mol. The van der Waals surface area contributed by atoms with Crippen molar-refractivity contribution in [2.24, 2.45) is 11.8 Å². The predicted octanol–water partition coefficient (Wildman–Crippen LogP) is 2.66. The van der Waals surface area contributed by atoms with Crippen LogP contribution in [0.1, 0.15) is 25.3 Å². The van der Waals surface area contributed by atoms with Crippen LogP contribution in [0.3, 0.4) is 0 Å². The Hall–Kier alpha value is -2.64. The van der Waals surface area contributed by atoms with Gasteiger partial charge in [-0.3, -0.25) is 14.9 Å². The van der Waals surface area contributed by atoms with Crippen LogP contribution in [0.5, 0.6) is 0 Å². The summed E-state index contributed by atoms with van der Waals surface area (Å²) >= 11 is 0. The average molecular weight is 336 g/mol. The van der Waals surface area contributed by atoms with E-state index in [1.54, 1.807) is 24.0 Å². The first kappa shape index (κ1) is 17.7. The zero-order chi connectivity index (χ0) is 17.7. The van der Waals surface area contributed by atoms with Crippen molar-refractivity contribution in [3.63, 3.8) is 0 Å².